The van der Waals surface area contributed by atoms with E-state index in [1.807, 2.05) is 18.2 Å². The average molecular weight is 409 g/mol. The zero-order chi connectivity index (χ0) is 20.6. The fourth-order valence-corrected chi connectivity index (χ4v) is 3.56. The third-order valence-electron chi connectivity index (χ3n) is 5.06. The van der Waals surface area contributed by atoms with Crippen molar-refractivity contribution in [2.45, 2.75) is 12.7 Å². The van der Waals surface area contributed by atoms with E-state index in [2.05, 4.69) is 4.90 Å². The number of ether oxygens (including phenoxy) is 2. The van der Waals surface area contributed by atoms with Gasteiger partial charge in [0.05, 0.1) is 10.5 Å². The summed E-state index contributed by atoms with van der Waals surface area (Å²) in [4.78, 5) is 14.5. The van der Waals surface area contributed by atoms with Crippen molar-refractivity contribution in [2.75, 3.05) is 37.9 Å². The molecule has 1 fully saturated rings. The Hall–Kier alpha value is -3.01. The number of nitro groups is 1. The van der Waals surface area contributed by atoms with Gasteiger partial charge in [0.1, 0.15) is 5.69 Å². The van der Waals surface area contributed by atoms with E-state index in [1.165, 1.54) is 6.07 Å². The van der Waals surface area contributed by atoms with Crippen LogP contribution in [0.5, 0.6) is 11.5 Å². The lowest BCUT2D eigenvalue weighted by Crippen LogP contribution is -2.46. The number of piperazine rings is 1. The van der Waals surface area contributed by atoms with Gasteiger partial charge in [0.25, 0.3) is 5.69 Å². The van der Waals surface area contributed by atoms with Crippen molar-refractivity contribution >= 4 is 11.4 Å². The summed E-state index contributed by atoms with van der Waals surface area (Å²) < 4.78 is 49.3. The predicted molar refractivity (Wildman–Crippen MR) is 98.2 cm³/mol. The first kappa shape index (κ1) is 19.3. The van der Waals surface area contributed by atoms with E-state index >= 15 is 0 Å². The second-order valence-corrected chi connectivity index (χ2v) is 6.91. The van der Waals surface area contributed by atoms with Crippen LogP contribution in [0, 0.1) is 10.1 Å². The summed E-state index contributed by atoms with van der Waals surface area (Å²) in [5.74, 6) is 1.43. The first-order valence-corrected chi connectivity index (χ1v) is 9.03. The number of halogens is 3. The smallest absolute Gasteiger partial charge is 0.416 e. The van der Waals surface area contributed by atoms with Crippen LogP contribution < -0.4 is 14.4 Å². The first-order valence-electron chi connectivity index (χ1n) is 9.03. The fourth-order valence-electron chi connectivity index (χ4n) is 3.56. The van der Waals surface area contributed by atoms with Gasteiger partial charge >= 0.3 is 6.18 Å². The second-order valence-electron chi connectivity index (χ2n) is 6.91. The van der Waals surface area contributed by atoms with Gasteiger partial charge in [-0.15, -0.1) is 0 Å². The molecule has 0 saturated carbocycles. The van der Waals surface area contributed by atoms with Crippen LogP contribution >= 0.6 is 0 Å². The van der Waals surface area contributed by atoms with Crippen molar-refractivity contribution in [3.05, 3.63) is 57.6 Å². The number of alkyl halides is 3. The maximum atomic E-state index is 12.9. The lowest BCUT2D eigenvalue weighted by Gasteiger charge is -2.36. The van der Waals surface area contributed by atoms with E-state index in [1.54, 1.807) is 4.90 Å². The highest BCUT2D eigenvalue weighted by molar-refractivity contribution is 5.65. The number of nitrogens with zero attached hydrogens (tertiary/aromatic N) is 3. The highest BCUT2D eigenvalue weighted by Gasteiger charge is 2.34. The van der Waals surface area contributed by atoms with Crippen molar-refractivity contribution < 1.29 is 27.6 Å². The van der Waals surface area contributed by atoms with Gasteiger partial charge in [-0.25, -0.2) is 0 Å². The lowest BCUT2D eigenvalue weighted by atomic mass is 10.1. The van der Waals surface area contributed by atoms with Crippen LogP contribution in [0.2, 0.25) is 0 Å². The molecule has 0 amide bonds. The normalized spacial score (nSPS) is 16.9. The summed E-state index contributed by atoms with van der Waals surface area (Å²) >= 11 is 0. The third-order valence-corrected chi connectivity index (χ3v) is 5.06. The summed E-state index contributed by atoms with van der Waals surface area (Å²) in [6.45, 7) is 3.12. The SMILES string of the molecule is O=[N+]([O-])c1cc(C(F)(F)F)ccc1N1CCN(Cc2ccc3c(c2)OCO3)CC1. The Kier molecular flexibility index (Phi) is 4.95. The minimum Gasteiger partial charge on any atom is -0.454 e. The van der Waals surface area contributed by atoms with Crippen LogP contribution in [0.4, 0.5) is 24.5 Å². The molecule has 10 heteroatoms. The molecule has 2 aromatic rings. The standard InChI is InChI=1S/C19H18F3N3O4/c20-19(21,22)14-2-3-15(16(10-14)25(26)27)24-7-5-23(6-8-24)11-13-1-4-17-18(9-13)29-12-28-17/h1-4,9-10H,5-8,11-12H2. The topological polar surface area (TPSA) is 68.1 Å². The molecule has 0 unspecified atom stereocenters. The minimum absolute atomic E-state index is 0.212. The number of anilines is 1. The van der Waals surface area contributed by atoms with Crippen molar-refractivity contribution in [1.29, 1.82) is 0 Å². The molecule has 0 bridgehead atoms. The molecule has 7 nitrogen and oxygen atoms in total. The molecule has 2 aliphatic rings. The molecule has 0 radical (unpaired) electrons. The Morgan fingerprint density at radius 3 is 2.41 bits per heavy atom. The molecule has 0 N–H and O–H groups in total. The molecule has 0 aromatic heterocycles. The molecule has 0 aliphatic carbocycles. The monoisotopic (exact) mass is 409 g/mol. The Morgan fingerprint density at radius 2 is 1.72 bits per heavy atom. The summed E-state index contributed by atoms with van der Waals surface area (Å²) in [6, 6.07) is 8.43. The number of hydrogen-bond acceptors (Lipinski definition) is 6. The molecule has 2 aliphatic heterocycles. The summed E-state index contributed by atoms with van der Waals surface area (Å²) in [7, 11) is 0. The number of nitro benzene ring substituents is 1. The van der Waals surface area contributed by atoms with Crippen LogP contribution in [-0.4, -0.2) is 42.8 Å². The lowest BCUT2D eigenvalue weighted by molar-refractivity contribution is -0.384. The van der Waals surface area contributed by atoms with Gasteiger partial charge in [-0.3, -0.25) is 15.0 Å². The number of benzene rings is 2. The summed E-state index contributed by atoms with van der Waals surface area (Å²) in [5.41, 5.74) is -0.271. The van der Waals surface area contributed by atoms with E-state index in [4.69, 9.17) is 9.47 Å². The van der Waals surface area contributed by atoms with Crippen molar-refractivity contribution in [3.63, 3.8) is 0 Å². The Balaban J connectivity index is 1.43. The maximum absolute atomic E-state index is 12.9. The molecule has 0 spiro atoms. The van der Waals surface area contributed by atoms with Crippen LogP contribution in [0.1, 0.15) is 11.1 Å². The van der Waals surface area contributed by atoms with Crippen molar-refractivity contribution in [3.8, 4) is 11.5 Å². The third kappa shape index (κ3) is 4.07. The Morgan fingerprint density at radius 1 is 1.00 bits per heavy atom. The van der Waals surface area contributed by atoms with E-state index in [9.17, 15) is 23.3 Å². The molecule has 4 rings (SSSR count). The van der Waals surface area contributed by atoms with Crippen LogP contribution in [-0.2, 0) is 12.7 Å². The zero-order valence-electron chi connectivity index (χ0n) is 15.3. The molecule has 0 atom stereocenters. The average Bonchev–Trinajstić information content (AvgIpc) is 3.15. The molecule has 2 aromatic carbocycles. The number of fused-ring (bicyclic) bond motifs is 1. The van der Waals surface area contributed by atoms with Gasteiger partial charge in [0.2, 0.25) is 6.79 Å². The summed E-state index contributed by atoms with van der Waals surface area (Å²) in [6.07, 6.45) is -4.62. The van der Waals surface area contributed by atoms with Gasteiger partial charge in [-0.05, 0) is 29.8 Å². The molecule has 154 valence electrons. The van der Waals surface area contributed by atoms with Gasteiger partial charge < -0.3 is 14.4 Å². The largest absolute Gasteiger partial charge is 0.454 e. The van der Waals surface area contributed by atoms with E-state index in [0.717, 1.165) is 11.6 Å². The van der Waals surface area contributed by atoms with Crippen LogP contribution in [0.3, 0.4) is 0 Å². The van der Waals surface area contributed by atoms with Gasteiger partial charge in [0, 0.05) is 38.8 Å². The first-order chi connectivity index (χ1) is 13.8. The summed E-state index contributed by atoms with van der Waals surface area (Å²) in [5, 5.41) is 11.3. The van der Waals surface area contributed by atoms with Gasteiger partial charge in [-0.2, -0.15) is 13.2 Å². The molecular formula is C19H18F3N3O4. The molecule has 1 saturated heterocycles. The Labute approximate surface area is 164 Å². The van der Waals surface area contributed by atoms with Crippen LogP contribution in [0.15, 0.2) is 36.4 Å². The minimum atomic E-state index is -4.62. The van der Waals surface area contributed by atoms with Gasteiger partial charge in [0.15, 0.2) is 11.5 Å². The molecule has 2 heterocycles. The quantitative estimate of drug-likeness (QED) is 0.567. The highest BCUT2D eigenvalue weighted by Crippen LogP contribution is 2.37. The van der Waals surface area contributed by atoms with E-state index in [0.29, 0.717) is 50.3 Å². The second kappa shape index (κ2) is 7.43. The molecular weight excluding hydrogens is 391 g/mol. The molecule has 29 heavy (non-hydrogen) atoms. The maximum Gasteiger partial charge on any atom is 0.416 e. The fraction of sp³-hybridized carbons (Fsp3) is 0.368. The zero-order valence-corrected chi connectivity index (χ0v) is 15.3. The van der Waals surface area contributed by atoms with E-state index < -0.39 is 22.4 Å². The number of rotatable bonds is 4. The predicted octanol–water partition coefficient (Wildman–Crippen LogP) is 3.66. The number of hydrogen-bond donors (Lipinski definition) is 0. The highest BCUT2D eigenvalue weighted by atomic mass is 19.4. The van der Waals surface area contributed by atoms with Crippen molar-refractivity contribution in [1.82, 2.24) is 4.90 Å². The Bertz CT molecular complexity index is 927. The van der Waals surface area contributed by atoms with E-state index in [-0.39, 0.29) is 12.5 Å². The van der Waals surface area contributed by atoms with Crippen molar-refractivity contribution in [2.24, 2.45) is 0 Å². The van der Waals surface area contributed by atoms with Gasteiger partial charge in [-0.1, -0.05) is 6.07 Å². The van der Waals surface area contributed by atoms with Crippen LogP contribution in [0.25, 0.3) is 0 Å².